The van der Waals surface area contributed by atoms with E-state index in [1.54, 1.807) is 6.92 Å². The second kappa shape index (κ2) is 7.23. The zero-order chi connectivity index (χ0) is 17.7. The van der Waals surface area contributed by atoms with Crippen LogP contribution in [0.4, 0.5) is 5.69 Å². The number of phenols is 2. The minimum atomic E-state index is -0.512. The van der Waals surface area contributed by atoms with Gasteiger partial charge in [0.15, 0.2) is 0 Å². The van der Waals surface area contributed by atoms with E-state index in [-0.39, 0.29) is 23.6 Å². The highest BCUT2D eigenvalue weighted by Crippen LogP contribution is 2.22. The molecule has 24 heavy (non-hydrogen) atoms. The van der Waals surface area contributed by atoms with Gasteiger partial charge in [0.05, 0.1) is 17.1 Å². The van der Waals surface area contributed by atoms with Gasteiger partial charge in [0, 0.05) is 23.8 Å². The molecule has 2 aromatic rings. The average molecular weight is 329 g/mol. The quantitative estimate of drug-likeness (QED) is 0.440. The van der Waals surface area contributed by atoms with Crippen molar-refractivity contribution in [3.05, 3.63) is 63.7 Å². The zero-order valence-electron chi connectivity index (χ0n) is 12.8. The fraction of sp³-hybridized carbons (Fsp3) is 0.125. The Labute approximate surface area is 137 Å². The van der Waals surface area contributed by atoms with E-state index in [0.29, 0.717) is 16.8 Å². The van der Waals surface area contributed by atoms with Crippen LogP contribution in [0, 0.1) is 10.1 Å². The van der Waals surface area contributed by atoms with Crippen molar-refractivity contribution in [2.45, 2.75) is 13.3 Å². The van der Waals surface area contributed by atoms with E-state index in [0.717, 1.165) is 0 Å². The lowest BCUT2D eigenvalue weighted by Gasteiger charge is -2.05. The summed E-state index contributed by atoms with van der Waals surface area (Å²) in [6.07, 6.45) is 0.0103. The molecule has 0 heterocycles. The van der Waals surface area contributed by atoms with Gasteiger partial charge in [0.2, 0.25) is 5.91 Å². The van der Waals surface area contributed by atoms with Gasteiger partial charge in [-0.05, 0) is 24.6 Å². The van der Waals surface area contributed by atoms with Gasteiger partial charge in [-0.1, -0.05) is 12.1 Å². The highest BCUT2D eigenvalue weighted by Gasteiger charge is 2.09. The first-order chi connectivity index (χ1) is 11.4. The number of benzene rings is 2. The second-order valence-corrected chi connectivity index (χ2v) is 5.03. The minimum absolute atomic E-state index is 0.0103. The van der Waals surface area contributed by atoms with Gasteiger partial charge in [-0.25, -0.2) is 5.43 Å². The standard InChI is InChI=1S/C16H15N3O5/c1-10(14-7-6-13(20)9-15(14)21)17-18-16(22)8-11-2-4-12(5-3-11)19(23)24/h2-7,9,20-21H,8H2,1H3,(H,18,22). The predicted octanol–water partition coefficient (Wildman–Crippen LogP) is 2.09. The third-order valence-corrected chi connectivity index (χ3v) is 3.23. The van der Waals surface area contributed by atoms with Crippen LogP contribution in [-0.2, 0) is 11.2 Å². The fourth-order valence-corrected chi connectivity index (χ4v) is 1.99. The van der Waals surface area contributed by atoms with Gasteiger partial charge in [-0.15, -0.1) is 0 Å². The van der Waals surface area contributed by atoms with Crippen LogP contribution in [-0.4, -0.2) is 26.8 Å². The summed E-state index contributed by atoms with van der Waals surface area (Å²) < 4.78 is 0. The first-order valence-electron chi connectivity index (χ1n) is 6.95. The maximum atomic E-state index is 11.9. The second-order valence-electron chi connectivity index (χ2n) is 5.03. The van der Waals surface area contributed by atoms with Crippen LogP contribution in [0.25, 0.3) is 0 Å². The van der Waals surface area contributed by atoms with Crippen molar-refractivity contribution in [2.75, 3.05) is 0 Å². The molecule has 0 aromatic heterocycles. The SMILES string of the molecule is CC(=NNC(=O)Cc1ccc([N+](=O)[O-])cc1)c1ccc(O)cc1O. The molecule has 1 amide bonds. The van der Waals surface area contributed by atoms with Crippen LogP contribution in [0.2, 0.25) is 0 Å². The van der Waals surface area contributed by atoms with Gasteiger partial charge < -0.3 is 10.2 Å². The Balaban J connectivity index is 2.00. The van der Waals surface area contributed by atoms with Gasteiger partial charge in [-0.3, -0.25) is 14.9 Å². The maximum Gasteiger partial charge on any atom is 0.269 e. The molecule has 0 unspecified atom stereocenters. The van der Waals surface area contributed by atoms with Crippen molar-refractivity contribution in [3.8, 4) is 11.5 Å². The molecular formula is C16H15N3O5. The zero-order valence-corrected chi connectivity index (χ0v) is 12.8. The van der Waals surface area contributed by atoms with E-state index in [2.05, 4.69) is 10.5 Å². The Morgan fingerprint density at radius 2 is 1.88 bits per heavy atom. The van der Waals surface area contributed by atoms with E-state index < -0.39 is 10.8 Å². The van der Waals surface area contributed by atoms with E-state index in [1.807, 2.05) is 0 Å². The molecule has 0 radical (unpaired) electrons. The lowest BCUT2D eigenvalue weighted by molar-refractivity contribution is -0.384. The molecule has 8 heteroatoms. The summed E-state index contributed by atoms with van der Waals surface area (Å²) in [5, 5.41) is 33.4. The molecule has 0 fully saturated rings. The summed E-state index contributed by atoms with van der Waals surface area (Å²) in [5.74, 6) is -0.631. The number of nitro groups is 1. The molecular weight excluding hydrogens is 314 g/mol. The number of hydrogen-bond acceptors (Lipinski definition) is 6. The highest BCUT2D eigenvalue weighted by molar-refractivity contribution is 6.01. The monoisotopic (exact) mass is 329 g/mol. The molecule has 0 aliphatic rings. The Bertz CT molecular complexity index is 800. The molecule has 0 aliphatic carbocycles. The third kappa shape index (κ3) is 4.29. The fourth-order valence-electron chi connectivity index (χ4n) is 1.99. The molecule has 0 spiro atoms. The predicted molar refractivity (Wildman–Crippen MR) is 86.9 cm³/mol. The normalized spacial score (nSPS) is 11.1. The lowest BCUT2D eigenvalue weighted by Crippen LogP contribution is -2.21. The Morgan fingerprint density at radius 1 is 1.21 bits per heavy atom. The number of nitrogens with zero attached hydrogens (tertiary/aromatic N) is 2. The number of rotatable bonds is 5. The number of phenolic OH excluding ortho intramolecular Hbond substituents is 2. The molecule has 0 bridgehead atoms. The lowest BCUT2D eigenvalue weighted by atomic mass is 10.1. The third-order valence-electron chi connectivity index (χ3n) is 3.23. The van der Waals surface area contributed by atoms with Crippen LogP contribution < -0.4 is 5.43 Å². The number of amides is 1. The van der Waals surface area contributed by atoms with Crippen molar-refractivity contribution in [1.29, 1.82) is 0 Å². The number of carbonyl (C=O) groups is 1. The van der Waals surface area contributed by atoms with Crippen LogP contribution in [0.5, 0.6) is 11.5 Å². The number of nitro benzene ring substituents is 1. The highest BCUT2D eigenvalue weighted by atomic mass is 16.6. The van der Waals surface area contributed by atoms with E-state index in [1.165, 1.54) is 42.5 Å². The molecule has 124 valence electrons. The maximum absolute atomic E-state index is 11.9. The van der Waals surface area contributed by atoms with Crippen molar-refractivity contribution >= 4 is 17.3 Å². The van der Waals surface area contributed by atoms with Crippen LogP contribution in [0.1, 0.15) is 18.1 Å². The summed E-state index contributed by atoms with van der Waals surface area (Å²) in [5.41, 5.74) is 3.66. The van der Waals surface area contributed by atoms with E-state index in [9.17, 15) is 25.1 Å². The van der Waals surface area contributed by atoms with Gasteiger partial charge in [-0.2, -0.15) is 5.10 Å². The molecule has 8 nitrogen and oxygen atoms in total. The van der Waals surface area contributed by atoms with E-state index >= 15 is 0 Å². The summed E-state index contributed by atoms with van der Waals surface area (Å²) >= 11 is 0. The number of nitrogens with one attached hydrogen (secondary N) is 1. The number of hydrazone groups is 1. The molecule has 0 saturated carbocycles. The number of carbonyl (C=O) groups excluding carboxylic acids is 1. The Hall–Kier alpha value is -3.42. The Kier molecular flexibility index (Phi) is 5.10. The summed E-state index contributed by atoms with van der Waals surface area (Å²) in [4.78, 5) is 21.9. The van der Waals surface area contributed by atoms with Gasteiger partial charge >= 0.3 is 0 Å². The van der Waals surface area contributed by atoms with Gasteiger partial charge in [0.25, 0.3) is 5.69 Å². The van der Waals surface area contributed by atoms with Crippen LogP contribution in [0.15, 0.2) is 47.6 Å². The smallest absolute Gasteiger partial charge is 0.269 e. The van der Waals surface area contributed by atoms with Crippen molar-refractivity contribution in [3.63, 3.8) is 0 Å². The number of hydrogen-bond donors (Lipinski definition) is 3. The molecule has 0 aliphatic heterocycles. The summed E-state index contributed by atoms with van der Waals surface area (Å²) in [7, 11) is 0. The molecule has 0 atom stereocenters. The minimum Gasteiger partial charge on any atom is -0.508 e. The number of aromatic hydroxyl groups is 2. The first kappa shape index (κ1) is 16.9. The van der Waals surface area contributed by atoms with E-state index in [4.69, 9.17) is 0 Å². The average Bonchev–Trinajstić information content (AvgIpc) is 2.53. The van der Waals surface area contributed by atoms with Crippen LogP contribution in [0.3, 0.4) is 0 Å². The summed E-state index contributed by atoms with van der Waals surface area (Å²) in [6, 6.07) is 9.70. The molecule has 2 aromatic carbocycles. The topological polar surface area (TPSA) is 125 Å². The molecule has 3 N–H and O–H groups in total. The summed E-state index contributed by atoms with van der Waals surface area (Å²) in [6.45, 7) is 1.60. The Morgan fingerprint density at radius 3 is 2.46 bits per heavy atom. The van der Waals surface area contributed by atoms with Crippen molar-refractivity contribution in [2.24, 2.45) is 5.10 Å². The molecule has 2 rings (SSSR count). The van der Waals surface area contributed by atoms with Crippen LogP contribution >= 0.6 is 0 Å². The molecule has 0 saturated heterocycles. The number of non-ortho nitro benzene ring substituents is 1. The van der Waals surface area contributed by atoms with Gasteiger partial charge in [0.1, 0.15) is 11.5 Å². The first-order valence-corrected chi connectivity index (χ1v) is 6.95. The van der Waals surface area contributed by atoms with Crippen molar-refractivity contribution in [1.82, 2.24) is 5.43 Å². The van der Waals surface area contributed by atoms with Crippen molar-refractivity contribution < 1.29 is 19.9 Å². The largest absolute Gasteiger partial charge is 0.508 e.